The zero-order valence-corrected chi connectivity index (χ0v) is 26.6. The van der Waals surface area contributed by atoms with E-state index in [0.29, 0.717) is 21.4 Å². The highest BCUT2D eigenvalue weighted by atomic mass is 35.5. The molecular weight excluding hydrogens is 613 g/mol. The third-order valence-electron chi connectivity index (χ3n) is 7.49. The number of carbonyl (C=O) groups excluding carboxylic acids is 2. The van der Waals surface area contributed by atoms with E-state index in [2.05, 4.69) is 5.32 Å². The largest absolute Gasteiger partial charge is 0.493 e. The van der Waals surface area contributed by atoms with E-state index in [4.69, 9.17) is 32.7 Å². The number of nitrogens with one attached hydrogen (secondary N) is 1. The molecule has 0 spiro atoms. The maximum atomic E-state index is 14.2. The van der Waals surface area contributed by atoms with E-state index in [1.54, 1.807) is 49.4 Å². The zero-order valence-electron chi connectivity index (χ0n) is 24.3. The molecule has 1 saturated carbocycles. The van der Waals surface area contributed by atoms with Crippen LogP contribution in [0.4, 0.5) is 5.69 Å². The lowest BCUT2D eigenvalue weighted by Crippen LogP contribution is -2.52. The third-order valence-corrected chi connectivity index (χ3v) is 9.86. The lowest BCUT2D eigenvalue weighted by atomic mass is 10.1. The minimum absolute atomic E-state index is 0.00287. The van der Waals surface area contributed by atoms with Crippen molar-refractivity contribution in [2.45, 2.75) is 56.1 Å². The summed E-state index contributed by atoms with van der Waals surface area (Å²) in [5, 5.41) is 3.79. The number of sulfonamides is 1. The summed E-state index contributed by atoms with van der Waals surface area (Å²) in [7, 11) is -1.33. The Balaban J connectivity index is 1.74. The van der Waals surface area contributed by atoms with Crippen LogP contribution in [0.1, 0.15) is 38.2 Å². The molecule has 0 aliphatic heterocycles. The molecule has 1 N–H and O–H groups in total. The summed E-state index contributed by atoms with van der Waals surface area (Å²) in [4.78, 5) is 28.9. The molecule has 1 atom stereocenters. The minimum atomic E-state index is -4.23. The number of nitrogens with zero attached hydrogens (tertiary/aromatic N) is 2. The van der Waals surface area contributed by atoms with Crippen molar-refractivity contribution in [3.63, 3.8) is 0 Å². The van der Waals surface area contributed by atoms with Crippen molar-refractivity contribution in [3.8, 4) is 11.5 Å². The highest BCUT2D eigenvalue weighted by molar-refractivity contribution is 7.92. The molecule has 9 nitrogen and oxygen atoms in total. The summed E-state index contributed by atoms with van der Waals surface area (Å²) in [6.45, 7) is 0.983. The van der Waals surface area contributed by atoms with Crippen LogP contribution in [0.5, 0.6) is 11.5 Å². The maximum absolute atomic E-state index is 14.2. The first-order valence-corrected chi connectivity index (χ1v) is 16.1. The normalized spacial score (nSPS) is 14.2. The summed E-state index contributed by atoms with van der Waals surface area (Å²) in [6, 6.07) is 16.4. The van der Waals surface area contributed by atoms with Gasteiger partial charge in [-0.1, -0.05) is 60.3 Å². The van der Waals surface area contributed by atoms with Crippen molar-refractivity contribution < 1.29 is 27.5 Å². The molecule has 0 radical (unpaired) electrons. The standard InChI is InChI=1S/C31H35Cl2N3O6S/c1-21(31(38)34-24-9-7-8-10-24)35(19-22-13-14-23(32)17-27(22)33)30(37)20-36(43(39,40)26-11-5-4-6-12-26)25-15-16-28(41-2)29(18-25)42-3/h4-6,11-18,21,24H,7-10,19-20H2,1-3H3,(H,34,38)/t21-/m0/s1. The maximum Gasteiger partial charge on any atom is 0.264 e. The predicted octanol–water partition coefficient (Wildman–Crippen LogP) is 5.68. The van der Waals surface area contributed by atoms with Gasteiger partial charge in [-0.05, 0) is 61.7 Å². The fraction of sp³-hybridized carbons (Fsp3) is 0.355. The van der Waals surface area contributed by atoms with Gasteiger partial charge in [0.2, 0.25) is 11.8 Å². The summed E-state index contributed by atoms with van der Waals surface area (Å²) in [6.07, 6.45) is 3.80. The van der Waals surface area contributed by atoms with Gasteiger partial charge in [-0.15, -0.1) is 0 Å². The number of methoxy groups -OCH3 is 2. The van der Waals surface area contributed by atoms with Crippen LogP contribution in [-0.4, -0.2) is 58.0 Å². The van der Waals surface area contributed by atoms with Gasteiger partial charge in [0.15, 0.2) is 11.5 Å². The number of hydrogen-bond donors (Lipinski definition) is 1. The summed E-state index contributed by atoms with van der Waals surface area (Å²) in [5.74, 6) is -0.246. The van der Waals surface area contributed by atoms with Gasteiger partial charge in [-0.25, -0.2) is 8.42 Å². The van der Waals surface area contributed by atoms with Crippen LogP contribution < -0.4 is 19.1 Å². The zero-order chi connectivity index (χ0) is 31.1. The van der Waals surface area contributed by atoms with E-state index in [1.807, 2.05) is 0 Å². The van der Waals surface area contributed by atoms with Gasteiger partial charge in [-0.2, -0.15) is 0 Å². The molecule has 1 aliphatic carbocycles. The molecule has 1 fully saturated rings. The first-order valence-electron chi connectivity index (χ1n) is 13.9. The molecule has 0 heterocycles. The Kier molecular flexibility index (Phi) is 10.8. The first kappa shape index (κ1) is 32.4. The Morgan fingerprint density at radius 1 is 0.953 bits per heavy atom. The van der Waals surface area contributed by atoms with E-state index < -0.39 is 28.5 Å². The van der Waals surface area contributed by atoms with Gasteiger partial charge in [0, 0.05) is 28.7 Å². The first-order chi connectivity index (χ1) is 20.5. The smallest absolute Gasteiger partial charge is 0.264 e. The van der Waals surface area contributed by atoms with Gasteiger partial charge in [0.25, 0.3) is 10.0 Å². The van der Waals surface area contributed by atoms with E-state index in [-0.39, 0.29) is 34.8 Å². The Morgan fingerprint density at radius 2 is 1.63 bits per heavy atom. The molecular formula is C31H35Cl2N3O6S. The number of carbonyl (C=O) groups is 2. The van der Waals surface area contributed by atoms with Crippen molar-refractivity contribution in [3.05, 3.63) is 82.3 Å². The Morgan fingerprint density at radius 3 is 2.26 bits per heavy atom. The molecule has 0 bridgehead atoms. The molecule has 0 aromatic heterocycles. The number of halogens is 2. The number of anilines is 1. The van der Waals surface area contributed by atoms with Crippen molar-refractivity contribution in [1.82, 2.24) is 10.2 Å². The summed E-state index contributed by atoms with van der Waals surface area (Å²) >= 11 is 12.6. The lowest BCUT2D eigenvalue weighted by Gasteiger charge is -2.32. The number of hydrogen-bond acceptors (Lipinski definition) is 6. The van der Waals surface area contributed by atoms with Crippen molar-refractivity contribution in [1.29, 1.82) is 0 Å². The van der Waals surface area contributed by atoms with Gasteiger partial charge >= 0.3 is 0 Å². The summed E-state index contributed by atoms with van der Waals surface area (Å²) < 4.78 is 39.7. The molecule has 12 heteroatoms. The van der Waals surface area contributed by atoms with Crippen LogP contribution in [0.25, 0.3) is 0 Å². The second-order valence-electron chi connectivity index (χ2n) is 10.3. The molecule has 0 saturated heterocycles. The highest BCUT2D eigenvalue weighted by Crippen LogP contribution is 2.34. The summed E-state index contributed by atoms with van der Waals surface area (Å²) in [5.41, 5.74) is 0.742. The molecule has 1 aliphatic rings. The van der Waals surface area contributed by atoms with Crippen LogP contribution in [-0.2, 0) is 26.2 Å². The molecule has 3 aromatic rings. The average molecular weight is 649 g/mol. The predicted molar refractivity (Wildman–Crippen MR) is 167 cm³/mol. The molecule has 4 rings (SSSR count). The fourth-order valence-electron chi connectivity index (χ4n) is 5.04. The molecule has 2 amide bonds. The topological polar surface area (TPSA) is 105 Å². The SMILES string of the molecule is COc1ccc(N(CC(=O)N(Cc2ccc(Cl)cc2Cl)[C@@H](C)C(=O)NC2CCCC2)S(=O)(=O)c2ccccc2)cc1OC. The third kappa shape index (κ3) is 7.74. The van der Waals surface area contributed by atoms with Crippen LogP contribution in [0.3, 0.4) is 0 Å². The van der Waals surface area contributed by atoms with Gasteiger partial charge in [-0.3, -0.25) is 13.9 Å². The second-order valence-corrected chi connectivity index (χ2v) is 13.0. The molecule has 0 unspecified atom stereocenters. The van der Waals surface area contributed by atoms with E-state index >= 15 is 0 Å². The van der Waals surface area contributed by atoms with E-state index in [0.717, 1.165) is 30.0 Å². The Labute approximate surface area is 262 Å². The van der Waals surface area contributed by atoms with Gasteiger partial charge in [0.1, 0.15) is 12.6 Å². The van der Waals surface area contributed by atoms with Crippen molar-refractivity contribution in [2.75, 3.05) is 25.1 Å². The number of ether oxygens (including phenoxy) is 2. The van der Waals surface area contributed by atoms with Crippen molar-refractivity contribution in [2.24, 2.45) is 0 Å². The average Bonchev–Trinajstić information content (AvgIpc) is 3.52. The molecule has 43 heavy (non-hydrogen) atoms. The van der Waals surface area contributed by atoms with E-state index in [1.165, 1.54) is 43.4 Å². The van der Waals surface area contributed by atoms with Crippen LogP contribution >= 0.6 is 23.2 Å². The molecule has 230 valence electrons. The fourth-order valence-corrected chi connectivity index (χ4v) is 6.93. The Hall–Kier alpha value is -3.47. The number of amides is 2. The van der Waals surface area contributed by atoms with Crippen LogP contribution in [0, 0.1) is 0 Å². The van der Waals surface area contributed by atoms with Crippen LogP contribution in [0.15, 0.2) is 71.6 Å². The van der Waals surface area contributed by atoms with E-state index in [9.17, 15) is 18.0 Å². The molecule has 3 aromatic carbocycles. The minimum Gasteiger partial charge on any atom is -0.493 e. The number of rotatable bonds is 12. The van der Waals surface area contributed by atoms with Crippen molar-refractivity contribution >= 4 is 50.7 Å². The monoisotopic (exact) mass is 647 g/mol. The van der Waals surface area contributed by atoms with Gasteiger partial charge < -0.3 is 19.7 Å². The van der Waals surface area contributed by atoms with Crippen LogP contribution in [0.2, 0.25) is 10.0 Å². The quantitative estimate of drug-likeness (QED) is 0.271. The number of benzene rings is 3. The highest BCUT2D eigenvalue weighted by Gasteiger charge is 2.34. The Bertz CT molecular complexity index is 1550. The lowest BCUT2D eigenvalue weighted by molar-refractivity contribution is -0.139. The second kappa shape index (κ2) is 14.3. The van der Waals surface area contributed by atoms with Gasteiger partial charge in [0.05, 0.1) is 24.8 Å².